The van der Waals surface area contributed by atoms with E-state index in [4.69, 9.17) is 16.3 Å². The van der Waals surface area contributed by atoms with Crippen molar-refractivity contribution >= 4 is 22.5 Å². The second kappa shape index (κ2) is 7.67. The van der Waals surface area contributed by atoms with Gasteiger partial charge in [-0.2, -0.15) is 0 Å². The van der Waals surface area contributed by atoms with Gasteiger partial charge in [0.2, 0.25) is 0 Å². The van der Waals surface area contributed by atoms with E-state index in [9.17, 15) is 0 Å². The number of imidazole rings is 1. The number of rotatable bonds is 5. The smallest absolute Gasteiger partial charge is 0.135 e. The van der Waals surface area contributed by atoms with Gasteiger partial charge in [0.25, 0.3) is 0 Å². The SMILES string of the molecule is Cn1cc(CNC[C@H]2Cn3c(-c4ccc(Cl)cc4)cnc3CO2)c2ccccc21. The minimum atomic E-state index is 0.109. The van der Waals surface area contributed by atoms with Crippen LogP contribution >= 0.6 is 11.6 Å². The summed E-state index contributed by atoms with van der Waals surface area (Å²) in [4.78, 5) is 4.54. The van der Waals surface area contributed by atoms with Crippen LogP contribution in [-0.4, -0.2) is 26.8 Å². The summed E-state index contributed by atoms with van der Waals surface area (Å²) < 4.78 is 10.5. The fourth-order valence-electron chi connectivity index (χ4n) is 4.09. The number of fused-ring (bicyclic) bond motifs is 2. The maximum Gasteiger partial charge on any atom is 0.135 e. The lowest BCUT2D eigenvalue weighted by atomic mass is 10.1. The first-order valence-corrected chi connectivity index (χ1v) is 10.2. The molecule has 1 atom stereocenters. The first kappa shape index (κ1) is 18.4. The van der Waals surface area contributed by atoms with E-state index in [-0.39, 0.29) is 6.10 Å². The highest BCUT2D eigenvalue weighted by molar-refractivity contribution is 6.30. The lowest BCUT2D eigenvalue weighted by Gasteiger charge is -2.26. The summed E-state index contributed by atoms with van der Waals surface area (Å²) in [6.07, 6.45) is 4.23. The Labute approximate surface area is 174 Å². The summed E-state index contributed by atoms with van der Waals surface area (Å²) in [7, 11) is 2.09. The number of para-hydroxylation sites is 1. The number of aryl methyl sites for hydroxylation is 1. The molecule has 5 nitrogen and oxygen atoms in total. The molecule has 6 heteroatoms. The van der Waals surface area contributed by atoms with Crippen LogP contribution in [0.4, 0.5) is 0 Å². The molecular weight excluding hydrogens is 384 g/mol. The van der Waals surface area contributed by atoms with Crippen LogP contribution in [0.5, 0.6) is 0 Å². The topological polar surface area (TPSA) is 44.0 Å². The molecule has 3 heterocycles. The van der Waals surface area contributed by atoms with Gasteiger partial charge < -0.3 is 19.2 Å². The number of aromatic nitrogens is 3. The summed E-state index contributed by atoms with van der Waals surface area (Å²) in [6, 6.07) is 16.4. The molecular formula is C23H23ClN4O. The number of hydrogen-bond acceptors (Lipinski definition) is 3. The molecule has 0 fully saturated rings. The standard InChI is InChI=1S/C23H23ClN4O/c1-27-13-17(20-4-2-3-5-21(20)27)10-25-11-19-14-28-22(12-26-23(28)15-29-19)16-6-8-18(24)9-7-16/h2-9,12-13,19,25H,10-11,14-15H2,1H3/t19-/m0/s1. The Morgan fingerprint density at radius 2 is 2.00 bits per heavy atom. The molecule has 0 saturated heterocycles. The van der Waals surface area contributed by atoms with Gasteiger partial charge in [0.05, 0.1) is 24.5 Å². The molecule has 4 aromatic rings. The highest BCUT2D eigenvalue weighted by Gasteiger charge is 2.22. The molecule has 0 bridgehead atoms. The number of nitrogens with zero attached hydrogens (tertiary/aromatic N) is 3. The van der Waals surface area contributed by atoms with Crippen LogP contribution in [-0.2, 0) is 31.5 Å². The molecule has 1 aliphatic rings. The monoisotopic (exact) mass is 406 g/mol. The fourth-order valence-corrected chi connectivity index (χ4v) is 4.22. The van der Waals surface area contributed by atoms with Crippen molar-refractivity contribution in [3.8, 4) is 11.3 Å². The normalized spacial score (nSPS) is 16.3. The number of nitrogens with one attached hydrogen (secondary N) is 1. The van der Waals surface area contributed by atoms with E-state index >= 15 is 0 Å². The van der Waals surface area contributed by atoms with Crippen molar-refractivity contribution < 1.29 is 4.74 Å². The molecule has 0 unspecified atom stereocenters. The van der Waals surface area contributed by atoms with Crippen LogP contribution in [0.25, 0.3) is 22.2 Å². The van der Waals surface area contributed by atoms with E-state index in [1.165, 1.54) is 16.5 Å². The average molecular weight is 407 g/mol. The second-order valence-corrected chi connectivity index (χ2v) is 7.96. The van der Waals surface area contributed by atoms with Crippen LogP contribution in [0.15, 0.2) is 60.9 Å². The quantitative estimate of drug-likeness (QED) is 0.534. The largest absolute Gasteiger partial charge is 0.367 e. The first-order valence-electron chi connectivity index (χ1n) is 9.84. The van der Waals surface area contributed by atoms with Crippen molar-refractivity contribution in [3.63, 3.8) is 0 Å². The molecule has 0 radical (unpaired) electrons. The molecule has 148 valence electrons. The zero-order valence-corrected chi connectivity index (χ0v) is 17.1. The Kier molecular flexibility index (Phi) is 4.87. The van der Waals surface area contributed by atoms with Gasteiger partial charge in [-0.25, -0.2) is 4.98 Å². The second-order valence-electron chi connectivity index (χ2n) is 7.52. The molecule has 5 rings (SSSR count). The molecule has 29 heavy (non-hydrogen) atoms. The van der Waals surface area contributed by atoms with Crippen molar-refractivity contribution in [2.75, 3.05) is 6.54 Å². The summed E-state index contributed by atoms with van der Waals surface area (Å²) in [5.41, 5.74) is 4.80. The first-order chi connectivity index (χ1) is 14.2. The van der Waals surface area contributed by atoms with Crippen LogP contribution < -0.4 is 5.32 Å². The molecule has 0 amide bonds. The summed E-state index contributed by atoms with van der Waals surface area (Å²) in [5.74, 6) is 0.972. The van der Waals surface area contributed by atoms with Gasteiger partial charge in [-0.3, -0.25) is 0 Å². The van der Waals surface area contributed by atoms with Crippen LogP contribution in [0.2, 0.25) is 5.02 Å². The zero-order valence-electron chi connectivity index (χ0n) is 16.3. The minimum Gasteiger partial charge on any atom is -0.367 e. The van der Waals surface area contributed by atoms with Gasteiger partial charge in [-0.05, 0) is 29.3 Å². The van der Waals surface area contributed by atoms with Crippen molar-refractivity contribution in [3.05, 3.63) is 77.3 Å². The zero-order chi connectivity index (χ0) is 19.8. The number of halogens is 1. The Bertz CT molecular complexity index is 1150. The van der Waals surface area contributed by atoms with Crippen LogP contribution in [0.3, 0.4) is 0 Å². The van der Waals surface area contributed by atoms with Gasteiger partial charge >= 0.3 is 0 Å². The van der Waals surface area contributed by atoms with Gasteiger partial charge in [0.15, 0.2) is 0 Å². The van der Waals surface area contributed by atoms with Gasteiger partial charge in [0.1, 0.15) is 12.4 Å². The Balaban J connectivity index is 1.27. The predicted octanol–water partition coefficient (Wildman–Crippen LogP) is 4.38. The number of ether oxygens (including phenoxy) is 1. The minimum absolute atomic E-state index is 0.109. The third-order valence-corrected chi connectivity index (χ3v) is 5.83. The molecule has 1 aliphatic heterocycles. The molecule has 2 aromatic carbocycles. The average Bonchev–Trinajstić information content (AvgIpc) is 3.30. The molecule has 2 aromatic heterocycles. The van der Waals surface area contributed by atoms with Crippen molar-refractivity contribution in [2.24, 2.45) is 7.05 Å². The lowest BCUT2D eigenvalue weighted by Crippen LogP contribution is -2.36. The molecule has 0 aliphatic carbocycles. The van der Waals surface area contributed by atoms with Gasteiger partial charge in [-0.1, -0.05) is 41.9 Å². The van der Waals surface area contributed by atoms with Crippen LogP contribution in [0.1, 0.15) is 11.4 Å². The van der Waals surface area contributed by atoms with E-state index in [0.717, 1.165) is 41.7 Å². The van der Waals surface area contributed by atoms with Crippen molar-refractivity contribution in [1.82, 2.24) is 19.4 Å². The summed E-state index contributed by atoms with van der Waals surface area (Å²) in [6.45, 7) is 2.94. The van der Waals surface area contributed by atoms with Crippen molar-refractivity contribution in [2.45, 2.75) is 25.8 Å². The maximum atomic E-state index is 6.03. The van der Waals surface area contributed by atoms with Gasteiger partial charge in [0, 0.05) is 42.3 Å². The molecule has 1 N–H and O–H groups in total. The highest BCUT2D eigenvalue weighted by atomic mass is 35.5. The van der Waals surface area contributed by atoms with Gasteiger partial charge in [-0.15, -0.1) is 0 Å². The fraction of sp³-hybridized carbons (Fsp3) is 0.261. The van der Waals surface area contributed by atoms with E-state index in [1.807, 2.05) is 30.5 Å². The summed E-state index contributed by atoms with van der Waals surface area (Å²) in [5, 5.41) is 5.62. The lowest BCUT2D eigenvalue weighted by molar-refractivity contribution is 0.00327. The van der Waals surface area contributed by atoms with Crippen LogP contribution in [0, 0.1) is 0 Å². The number of benzene rings is 2. The third kappa shape index (κ3) is 3.57. The molecule has 0 spiro atoms. The Hall–Kier alpha value is -2.60. The number of hydrogen-bond donors (Lipinski definition) is 1. The third-order valence-electron chi connectivity index (χ3n) is 5.58. The maximum absolute atomic E-state index is 6.03. The van der Waals surface area contributed by atoms with Crippen molar-refractivity contribution in [1.29, 1.82) is 0 Å². The van der Waals surface area contributed by atoms with E-state index < -0.39 is 0 Å². The van der Waals surface area contributed by atoms with E-state index in [1.54, 1.807) is 0 Å². The Morgan fingerprint density at radius 1 is 1.17 bits per heavy atom. The van der Waals surface area contributed by atoms with E-state index in [0.29, 0.717) is 6.61 Å². The Morgan fingerprint density at radius 3 is 2.86 bits per heavy atom. The van der Waals surface area contributed by atoms with E-state index in [2.05, 4.69) is 56.9 Å². The highest BCUT2D eigenvalue weighted by Crippen LogP contribution is 2.26. The summed E-state index contributed by atoms with van der Waals surface area (Å²) >= 11 is 6.03. The molecule has 0 saturated carbocycles. The predicted molar refractivity (Wildman–Crippen MR) is 116 cm³/mol.